The number of hydrogen-bond donors (Lipinski definition) is 2. The van der Waals surface area contributed by atoms with Gasteiger partial charge in [-0.2, -0.15) is 0 Å². The Morgan fingerprint density at radius 2 is 1.86 bits per heavy atom. The van der Waals surface area contributed by atoms with Crippen LogP contribution in [0.4, 0.5) is 17.2 Å². The minimum absolute atomic E-state index is 0.0000850. The molecule has 0 spiro atoms. The molecule has 180 valence electrons. The molecule has 1 atom stereocenters. The van der Waals surface area contributed by atoms with Crippen molar-refractivity contribution in [2.75, 3.05) is 49.5 Å². The fraction of sp³-hybridized carbons (Fsp3) is 0.292. The summed E-state index contributed by atoms with van der Waals surface area (Å²) in [6, 6.07) is 18.1. The molecule has 0 unspecified atom stereocenters. The van der Waals surface area contributed by atoms with Crippen LogP contribution in [0.1, 0.15) is 11.7 Å². The first-order chi connectivity index (χ1) is 17.1. The Morgan fingerprint density at radius 1 is 1.06 bits per heavy atom. The summed E-state index contributed by atoms with van der Waals surface area (Å²) in [5.74, 6) is 0.613. The third kappa shape index (κ3) is 4.77. The molecule has 11 heteroatoms. The summed E-state index contributed by atoms with van der Waals surface area (Å²) in [7, 11) is 0. The Labute approximate surface area is 201 Å². The second-order valence-electron chi connectivity index (χ2n) is 8.34. The molecule has 1 saturated heterocycles. The number of non-ortho nitro benzene ring substituents is 1. The van der Waals surface area contributed by atoms with E-state index in [1.165, 1.54) is 6.07 Å². The van der Waals surface area contributed by atoms with Gasteiger partial charge in [0.15, 0.2) is 6.17 Å². The lowest BCUT2D eigenvalue weighted by molar-refractivity contribution is -0.384. The van der Waals surface area contributed by atoms with E-state index in [1.807, 2.05) is 42.5 Å². The summed E-state index contributed by atoms with van der Waals surface area (Å²) in [6.45, 7) is 3.82. The molecule has 1 aliphatic rings. The number of nitrogens with zero attached hydrogens (tertiary/aromatic N) is 7. The largest absolute Gasteiger partial charge is 0.395 e. The van der Waals surface area contributed by atoms with E-state index in [0.29, 0.717) is 17.9 Å². The lowest BCUT2D eigenvalue weighted by Gasteiger charge is -2.37. The SMILES string of the molecule is O=[N+]([O-])c1ccc(N2CCN(CCO)CC2)c([C@@H](Nc2ccccn2)n2nnc3ccccc32)c1. The van der Waals surface area contributed by atoms with Crippen molar-refractivity contribution in [3.05, 3.63) is 82.5 Å². The van der Waals surface area contributed by atoms with Crippen LogP contribution in [0.5, 0.6) is 0 Å². The van der Waals surface area contributed by atoms with Gasteiger partial charge in [-0.05, 0) is 30.3 Å². The van der Waals surface area contributed by atoms with Gasteiger partial charge < -0.3 is 15.3 Å². The summed E-state index contributed by atoms with van der Waals surface area (Å²) in [6.07, 6.45) is 1.09. The number of anilines is 2. The van der Waals surface area contributed by atoms with Crippen LogP contribution in [-0.2, 0) is 0 Å². The summed E-state index contributed by atoms with van der Waals surface area (Å²) >= 11 is 0. The molecule has 0 radical (unpaired) electrons. The minimum atomic E-state index is -0.595. The number of hydrogen-bond acceptors (Lipinski definition) is 9. The van der Waals surface area contributed by atoms with Gasteiger partial charge in [0.05, 0.1) is 17.0 Å². The van der Waals surface area contributed by atoms with Gasteiger partial charge in [-0.1, -0.05) is 23.4 Å². The minimum Gasteiger partial charge on any atom is -0.395 e. The molecular weight excluding hydrogens is 448 g/mol. The molecule has 0 amide bonds. The molecule has 0 saturated carbocycles. The van der Waals surface area contributed by atoms with Crippen LogP contribution < -0.4 is 10.2 Å². The van der Waals surface area contributed by atoms with E-state index >= 15 is 0 Å². The normalized spacial score (nSPS) is 15.3. The number of benzene rings is 2. The molecule has 3 heterocycles. The molecule has 4 aromatic rings. The molecule has 2 N–H and O–H groups in total. The number of aromatic nitrogens is 4. The van der Waals surface area contributed by atoms with Crippen molar-refractivity contribution in [2.45, 2.75) is 6.17 Å². The van der Waals surface area contributed by atoms with E-state index in [1.54, 1.807) is 23.0 Å². The molecule has 1 fully saturated rings. The van der Waals surface area contributed by atoms with Gasteiger partial charge in [0, 0.05) is 62.3 Å². The lowest BCUT2D eigenvalue weighted by atomic mass is 10.1. The first kappa shape index (κ1) is 22.7. The highest BCUT2D eigenvalue weighted by molar-refractivity contribution is 5.75. The number of fused-ring (bicyclic) bond motifs is 1. The van der Waals surface area contributed by atoms with Gasteiger partial charge in [0.2, 0.25) is 0 Å². The molecule has 5 rings (SSSR count). The fourth-order valence-corrected chi connectivity index (χ4v) is 4.45. The summed E-state index contributed by atoms with van der Waals surface area (Å²) in [5, 5.41) is 33.2. The zero-order valence-corrected chi connectivity index (χ0v) is 19.1. The van der Waals surface area contributed by atoms with E-state index in [0.717, 1.165) is 42.9 Å². The molecular formula is C24H26N8O3. The predicted octanol–water partition coefficient (Wildman–Crippen LogP) is 2.51. The molecule has 11 nitrogen and oxygen atoms in total. The number of piperazine rings is 1. The zero-order chi connectivity index (χ0) is 24.2. The van der Waals surface area contributed by atoms with Crippen LogP contribution in [0, 0.1) is 10.1 Å². The molecule has 35 heavy (non-hydrogen) atoms. The highest BCUT2D eigenvalue weighted by Gasteiger charge is 2.27. The second kappa shape index (κ2) is 10.0. The standard InChI is InChI=1S/C24H26N8O3/c33-16-15-29-11-13-30(14-12-29)21-9-8-18(32(34)35)17-19(21)24(26-23-7-3-4-10-25-23)31-22-6-2-1-5-20(22)27-28-31/h1-10,17,24,33H,11-16H2,(H,25,26)/t24-/m0/s1. The quantitative estimate of drug-likeness (QED) is 0.293. The van der Waals surface area contributed by atoms with Crippen molar-refractivity contribution >= 4 is 28.2 Å². The Morgan fingerprint density at radius 3 is 2.60 bits per heavy atom. The number of para-hydroxylation sites is 1. The number of nitrogens with one attached hydrogen (secondary N) is 1. The average Bonchev–Trinajstić information content (AvgIpc) is 3.32. The third-order valence-corrected chi connectivity index (χ3v) is 6.22. The number of β-amino-alcohol motifs (C(OH)–C–C–N with tert-alkyl or cyclic N) is 1. The summed E-state index contributed by atoms with van der Waals surface area (Å²) < 4.78 is 1.74. The van der Waals surface area contributed by atoms with E-state index < -0.39 is 6.17 Å². The topological polar surface area (TPSA) is 125 Å². The average molecular weight is 475 g/mol. The van der Waals surface area contributed by atoms with Gasteiger partial charge in [0.25, 0.3) is 5.69 Å². The van der Waals surface area contributed by atoms with Crippen LogP contribution >= 0.6 is 0 Å². The molecule has 1 aliphatic heterocycles. The van der Waals surface area contributed by atoms with E-state index in [-0.39, 0.29) is 17.2 Å². The molecule has 2 aromatic heterocycles. The lowest BCUT2D eigenvalue weighted by Crippen LogP contribution is -2.47. The Bertz CT molecular complexity index is 1300. The van der Waals surface area contributed by atoms with Crippen LogP contribution in [0.25, 0.3) is 11.0 Å². The van der Waals surface area contributed by atoms with Crippen molar-refractivity contribution < 1.29 is 10.0 Å². The number of nitro benzene ring substituents is 1. The molecule has 0 aliphatic carbocycles. The van der Waals surface area contributed by atoms with Crippen LogP contribution in [0.15, 0.2) is 66.9 Å². The highest BCUT2D eigenvalue weighted by Crippen LogP contribution is 2.34. The fourth-order valence-electron chi connectivity index (χ4n) is 4.45. The number of aliphatic hydroxyl groups excluding tert-OH is 1. The van der Waals surface area contributed by atoms with Crippen LogP contribution in [-0.4, -0.2) is 74.2 Å². The Hall–Kier alpha value is -4.09. The van der Waals surface area contributed by atoms with Crippen molar-refractivity contribution in [1.82, 2.24) is 24.9 Å². The maximum atomic E-state index is 11.7. The van der Waals surface area contributed by atoms with Gasteiger partial charge in [0.1, 0.15) is 11.3 Å². The maximum absolute atomic E-state index is 11.7. The van der Waals surface area contributed by atoms with Gasteiger partial charge >= 0.3 is 0 Å². The van der Waals surface area contributed by atoms with Crippen molar-refractivity contribution in [3.8, 4) is 0 Å². The monoisotopic (exact) mass is 474 g/mol. The van der Waals surface area contributed by atoms with Crippen molar-refractivity contribution in [2.24, 2.45) is 0 Å². The molecule has 0 bridgehead atoms. The molecule has 2 aromatic carbocycles. The smallest absolute Gasteiger partial charge is 0.270 e. The summed E-state index contributed by atoms with van der Waals surface area (Å²) in [5.41, 5.74) is 3.11. The number of rotatable bonds is 8. The Kier molecular flexibility index (Phi) is 6.51. The predicted molar refractivity (Wildman–Crippen MR) is 132 cm³/mol. The van der Waals surface area contributed by atoms with Crippen molar-refractivity contribution in [3.63, 3.8) is 0 Å². The van der Waals surface area contributed by atoms with Crippen LogP contribution in [0.2, 0.25) is 0 Å². The first-order valence-corrected chi connectivity index (χ1v) is 11.5. The van der Waals surface area contributed by atoms with E-state index in [2.05, 4.69) is 30.4 Å². The van der Waals surface area contributed by atoms with Gasteiger partial charge in [-0.15, -0.1) is 5.10 Å². The van der Waals surface area contributed by atoms with Crippen LogP contribution in [0.3, 0.4) is 0 Å². The second-order valence-corrected chi connectivity index (χ2v) is 8.34. The number of aliphatic hydroxyl groups is 1. The third-order valence-electron chi connectivity index (χ3n) is 6.22. The highest BCUT2D eigenvalue weighted by atomic mass is 16.6. The number of pyridine rings is 1. The van der Waals surface area contributed by atoms with E-state index in [9.17, 15) is 15.2 Å². The van der Waals surface area contributed by atoms with Gasteiger partial charge in [-0.3, -0.25) is 15.0 Å². The summed E-state index contributed by atoms with van der Waals surface area (Å²) in [4.78, 5) is 20.2. The first-order valence-electron chi connectivity index (χ1n) is 11.5. The van der Waals surface area contributed by atoms with Crippen molar-refractivity contribution in [1.29, 1.82) is 0 Å². The Balaban J connectivity index is 1.61. The van der Waals surface area contributed by atoms with E-state index in [4.69, 9.17) is 0 Å². The zero-order valence-electron chi connectivity index (χ0n) is 19.1. The number of nitro groups is 1. The van der Waals surface area contributed by atoms with Gasteiger partial charge in [-0.25, -0.2) is 9.67 Å². The maximum Gasteiger partial charge on any atom is 0.270 e.